The summed E-state index contributed by atoms with van der Waals surface area (Å²) < 4.78 is 0. The Morgan fingerprint density at radius 3 is 2.54 bits per heavy atom. The highest BCUT2D eigenvalue weighted by atomic mass is 32.2. The number of nitrogens with zero attached hydrogens (tertiary/aromatic N) is 1. The van der Waals surface area contributed by atoms with E-state index in [9.17, 15) is 19.2 Å². The maximum absolute atomic E-state index is 12.0. The fourth-order valence-electron chi connectivity index (χ4n) is 2.25. The first-order valence-electron chi connectivity index (χ1n) is 7.55. The van der Waals surface area contributed by atoms with E-state index >= 15 is 0 Å². The molecule has 24 heavy (non-hydrogen) atoms. The number of hydrogen-bond acceptors (Lipinski definition) is 5. The highest BCUT2D eigenvalue weighted by Gasteiger charge is 2.29. The molecule has 0 saturated carbocycles. The van der Waals surface area contributed by atoms with Crippen LogP contribution in [0.3, 0.4) is 0 Å². The van der Waals surface area contributed by atoms with Gasteiger partial charge in [-0.25, -0.2) is 0 Å². The molecule has 0 aliphatic carbocycles. The van der Waals surface area contributed by atoms with Gasteiger partial charge < -0.3 is 10.6 Å². The van der Waals surface area contributed by atoms with Crippen molar-refractivity contribution in [3.8, 4) is 0 Å². The van der Waals surface area contributed by atoms with Crippen LogP contribution in [0.15, 0.2) is 24.3 Å². The number of nitrogens with one attached hydrogen (secondary N) is 2. The molecule has 2 rings (SSSR count). The second-order valence-corrected chi connectivity index (χ2v) is 6.48. The second-order valence-electron chi connectivity index (χ2n) is 5.55. The van der Waals surface area contributed by atoms with Crippen LogP contribution in [-0.2, 0) is 14.4 Å². The van der Waals surface area contributed by atoms with E-state index in [4.69, 9.17) is 0 Å². The van der Waals surface area contributed by atoms with Crippen LogP contribution < -0.4 is 10.6 Å². The first kappa shape index (κ1) is 18.0. The minimum atomic E-state index is -0.805. The lowest BCUT2D eigenvalue weighted by molar-refractivity contribution is -0.136. The van der Waals surface area contributed by atoms with Crippen LogP contribution >= 0.6 is 11.8 Å². The summed E-state index contributed by atoms with van der Waals surface area (Å²) in [6, 6.07) is 7.27. The van der Waals surface area contributed by atoms with Crippen LogP contribution in [0, 0.1) is 0 Å². The van der Waals surface area contributed by atoms with Gasteiger partial charge in [-0.3, -0.25) is 24.1 Å². The topological polar surface area (TPSA) is 95.6 Å². The molecule has 128 valence electrons. The van der Waals surface area contributed by atoms with Crippen molar-refractivity contribution in [1.29, 1.82) is 0 Å². The molecule has 2 N–H and O–H groups in total. The standard InChI is InChI=1S/C16H19N3O4S/c1-10(2)11-5-3-4-6-12(11)18-15(22)14(21)17-7-8-19-13(20)9-24-16(19)23/h3-6,10H,7-9H2,1-2H3,(H,17,21)(H,18,22). The Labute approximate surface area is 144 Å². The Hall–Kier alpha value is -2.35. The third-order valence-electron chi connectivity index (χ3n) is 3.50. The van der Waals surface area contributed by atoms with E-state index in [0.29, 0.717) is 5.69 Å². The number of amides is 4. The van der Waals surface area contributed by atoms with E-state index in [2.05, 4.69) is 10.6 Å². The summed E-state index contributed by atoms with van der Waals surface area (Å²) in [5.41, 5.74) is 1.53. The summed E-state index contributed by atoms with van der Waals surface area (Å²) in [5, 5.41) is 4.67. The van der Waals surface area contributed by atoms with Crippen LogP contribution in [0.1, 0.15) is 25.3 Å². The van der Waals surface area contributed by atoms with E-state index in [0.717, 1.165) is 22.2 Å². The number of imide groups is 1. The minimum absolute atomic E-state index is 0.0378. The van der Waals surface area contributed by atoms with Gasteiger partial charge in [-0.15, -0.1) is 0 Å². The molecule has 7 nitrogen and oxygen atoms in total. The fourth-order valence-corrected chi connectivity index (χ4v) is 3.00. The van der Waals surface area contributed by atoms with E-state index < -0.39 is 11.8 Å². The van der Waals surface area contributed by atoms with Crippen molar-refractivity contribution in [2.45, 2.75) is 19.8 Å². The normalized spacial score (nSPS) is 14.2. The molecule has 1 aliphatic rings. The van der Waals surface area contributed by atoms with Gasteiger partial charge in [-0.2, -0.15) is 0 Å². The number of hydrogen-bond donors (Lipinski definition) is 2. The second kappa shape index (κ2) is 7.96. The zero-order chi connectivity index (χ0) is 17.7. The largest absolute Gasteiger partial charge is 0.346 e. The maximum Gasteiger partial charge on any atom is 0.313 e. The Morgan fingerprint density at radius 1 is 1.21 bits per heavy atom. The van der Waals surface area contributed by atoms with Crippen LogP contribution in [0.25, 0.3) is 0 Å². The van der Waals surface area contributed by atoms with Crippen LogP contribution in [0.4, 0.5) is 10.5 Å². The molecule has 0 unspecified atom stereocenters. The van der Waals surface area contributed by atoms with E-state index in [-0.39, 0.29) is 35.9 Å². The van der Waals surface area contributed by atoms with Crippen molar-refractivity contribution in [3.05, 3.63) is 29.8 Å². The fraction of sp³-hybridized carbons (Fsp3) is 0.375. The van der Waals surface area contributed by atoms with Crippen molar-refractivity contribution in [2.24, 2.45) is 0 Å². The number of rotatable bonds is 5. The molecule has 4 amide bonds. The number of carbonyl (C=O) groups is 4. The summed E-state index contributed by atoms with van der Waals surface area (Å²) in [6.07, 6.45) is 0. The monoisotopic (exact) mass is 349 g/mol. The highest BCUT2D eigenvalue weighted by Crippen LogP contribution is 2.23. The summed E-state index contributed by atoms with van der Waals surface area (Å²) >= 11 is 0.930. The van der Waals surface area contributed by atoms with Crippen molar-refractivity contribution in [3.63, 3.8) is 0 Å². The predicted octanol–water partition coefficient (Wildman–Crippen LogP) is 1.56. The molecule has 1 saturated heterocycles. The molecule has 0 radical (unpaired) electrons. The molecular formula is C16H19N3O4S. The first-order valence-corrected chi connectivity index (χ1v) is 8.54. The van der Waals surface area contributed by atoms with Gasteiger partial charge in [0.1, 0.15) is 0 Å². The van der Waals surface area contributed by atoms with Gasteiger partial charge in [0.2, 0.25) is 5.91 Å². The van der Waals surface area contributed by atoms with E-state index in [1.54, 1.807) is 12.1 Å². The quantitative estimate of drug-likeness (QED) is 0.787. The van der Waals surface area contributed by atoms with Gasteiger partial charge in [-0.05, 0) is 17.5 Å². The number of anilines is 1. The minimum Gasteiger partial charge on any atom is -0.346 e. The molecule has 1 aromatic rings. The number of carbonyl (C=O) groups excluding carboxylic acids is 4. The Bertz CT molecular complexity index is 659. The molecule has 0 spiro atoms. The van der Waals surface area contributed by atoms with Gasteiger partial charge in [-0.1, -0.05) is 43.8 Å². The van der Waals surface area contributed by atoms with Crippen molar-refractivity contribution in [1.82, 2.24) is 10.2 Å². The molecule has 0 aromatic heterocycles. The summed E-state index contributed by atoms with van der Waals surface area (Å²) in [4.78, 5) is 47.7. The van der Waals surface area contributed by atoms with Gasteiger partial charge >= 0.3 is 11.8 Å². The molecule has 8 heteroatoms. The Kier molecular flexibility index (Phi) is 5.97. The molecular weight excluding hydrogens is 330 g/mol. The molecule has 1 fully saturated rings. The Morgan fingerprint density at radius 2 is 1.92 bits per heavy atom. The predicted molar refractivity (Wildman–Crippen MR) is 91.7 cm³/mol. The van der Waals surface area contributed by atoms with E-state index in [1.807, 2.05) is 26.0 Å². The lowest BCUT2D eigenvalue weighted by Gasteiger charge is -2.14. The van der Waals surface area contributed by atoms with Gasteiger partial charge in [0, 0.05) is 18.8 Å². The molecule has 1 aromatic carbocycles. The van der Waals surface area contributed by atoms with Gasteiger partial charge in [0.05, 0.1) is 5.75 Å². The highest BCUT2D eigenvalue weighted by molar-refractivity contribution is 8.14. The third kappa shape index (κ3) is 4.35. The summed E-state index contributed by atoms with van der Waals surface area (Å²) in [6.45, 7) is 4.09. The average Bonchev–Trinajstić information content (AvgIpc) is 2.86. The molecule has 1 aliphatic heterocycles. The third-order valence-corrected chi connectivity index (χ3v) is 4.36. The first-order chi connectivity index (χ1) is 11.4. The zero-order valence-corrected chi connectivity index (χ0v) is 14.3. The average molecular weight is 349 g/mol. The Balaban J connectivity index is 1.86. The molecule has 1 heterocycles. The van der Waals surface area contributed by atoms with Crippen molar-refractivity contribution < 1.29 is 19.2 Å². The lowest BCUT2D eigenvalue weighted by Crippen LogP contribution is -2.41. The van der Waals surface area contributed by atoms with Crippen LogP contribution in [-0.4, -0.2) is 46.7 Å². The van der Waals surface area contributed by atoms with E-state index in [1.165, 1.54) is 0 Å². The summed E-state index contributed by atoms with van der Waals surface area (Å²) in [5.74, 6) is -1.54. The van der Waals surface area contributed by atoms with Gasteiger partial charge in [0.15, 0.2) is 0 Å². The van der Waals surface area contributed by atoms with Crippen molar-refractivity contribution in [2.75, 3.05) is 24.2 Å². The SMILES string of the molecule is CC(C)c1ccccc1NC(=O)C(=O)NCCN1C(=O)CSC1=O. The van der Waals surface area contributed by atoms with Crippen LogP contribution in [0.5, 0.6) is 0 Å². The molecule has 0 atom stereocenters. The molecule has 0 bridgehead atoms. The number of para-hydroxylation sites is 1. The maximum atomic E-state index is 12.0. The van der Waals surface area contributed by atoms with Gasteiger partial charge in [0.25, 0.3) is 5.24 Å². The smallest absolute Gasteiger partial charge is 0.313 e. The zero-order valence-electron chi connectivity index (χ0n) is 13.5. The van der Waals surface area contributed by atoms with Crippen LogP contribution in [0.2, 0.25) is 0 Å². The summed E-state index contributed by atoms with van der Waals surface area (Å²) in [7, 11) is 0. The number of thioether (sulfide) groups is 1. The van der Waals surface area contributed by atoms with Crippen molar-refractivity contribution >= 4 is 40.4 Å². The lowest BCUT2D eigenvalue weighted by atomic mass is 10.0. The number of benzene rings is 1.